The number of rotatable bonds is 1. The van der Waals surface area contributed by atoms with Crippen LogP contribution in [0.2, 0.25) is 0 Å². The average molecular weight is 154 g/mol. The Morgan fingerprint density at radius 3 is 2.27 bits per heavy atom. The van der Waals surface area contributed by atoms with E-state index < -0.39 is 11.2 Å². The zero-order valence-electron chi connectivity index (χ0n) is 6.20. The summed E-state index contributed by atoms with van der Waals surface area (Å²) >= 11 is 0. The van der Waals surface area contributed by atoms with Gasteiger partial charge in [0.15, 0.2) is 5.60 Å². The van der Waals surface area contributed by atoms with Gasteiger partial charge in [0, 0.05) is 5.57 Å². The molecule has 0 aromatic heterocycles. The monoisotopic (exact) mass is 154 g/mol. The SMILES string of the molecule is CCC1(O)C(O)=C2C=CC21O. The molecule has 0 saturated heterocycles. The smallest absolute Gasteiger partial charge is 0.158 e. The molecule has 0 saturated carbocycles. The van der Waals surface area contributed by atoms with E-state index in [1.807, 2.05) is 0 Å². The lowest BCUT2D eigenvalue weighted by atomic mass is 9.58. The maximum absolute atomic E-state index is 9.63. The van der Waals surface area contributed by atoms with E-state index in [1.54, 1.807) is 13.0 Å². The molecule has 0 spiro atoms. The quantitative estimate of drug-likeness (QED) is 0.507. The lowest BCUT2D eigenvalue weighted by Crippen LogP contribution is -2.66. The summed E-state index contributed by atoms with van der Waals surface area (Å²) < 4.78 is 0. The Bertz CT molecular complexity index is 279. The third-order valence-electron chi connectivity index (χ3n) is 2.69. The van der Waals surface area contributed by atoms with Gasteiger partial charge in [0.1, 0.15) is 11.4 Å². The molecule has 0 amide bonds. The molecule has 0 heterocycles. The minimum atomic E-state index is -1.42. The Morgan fingerprint density at radius 1 is 1.45 bits per heavy atom. The van der Waals surface area contributed by atoms with Crippen molar-refractivity contribution in [2.45, 2.75) is 24.5 Å². The predicted octanol–water partition coefficient (Wildman–Crippen LogP) is 0.254. The summed E-state index contributed by atoms with van der Waals surface area (Å²) in [6, 6.07) is 0. The van der Waals surface area contributed by atoms with Crippen molar-refractivity contribution in [1.82, 2.24) is 0 Å². The van der Waals surface area contributed by atoms with Gasteiger partial charge < -0.3 is 15.3 Å². The molecular formula is C8H10O3. The number of aliphatic hydroxyl groups is 3. The van der Waals surface area contributed by atoms with Crippen LogP contribution in [-0.2, 0) is 0 Å². The van der Waals surface area contributed by atoms with Gasteiger partial charge in [-0.15, -0.1) is 0 Å². The Labute approximate surface area is 64.3 Å². The van der Waals surface area contributed by atoms with E-state index in [-0.39, 0.29) is 5.76 Å². The molecule has 3 heteroatoms. The van der Waals surface area contributed by atoms with E-state index in [1.165, 1.54) is 6.08 Å². The number of hydrogen-bond donors (Lipinski definition) is 3. The molecule has 0 aromatic carbocycles. The van der Waals surface area contributed by atoms with E-state index in [9.17, 15) is 15.3 Å². The van der Waals surface area contributed by atoms with Gasteiger partial charge in [-0.3, -0.25) is 0 Å². The Hall–Kier alpha value is -0.800. The van der Waals surface area contributed by atoms with E-state index in [4.69, 9.17) is 0 Å². The second kappa shape index (κ2) is 1.52. The van der Waals surface area contributed by atoms with E-state index in [2.05, 4.69) is 0 Å². The molecule has 2 aliphatic rings. The van der Waals surface area contributed by atoms with Gasteiger partial charge in [-0.05, 0) is 12.5 Å². The van der Waals surface area contributed by atoms with Crippen LogP contribution in [-0.4, -0.2) is 26.5 Å². The summed E-state index contributed by atoms with van der Waals surface area (Å²) in [7, 11) is 0. The Kier molecular flexibility index (Phi) is 0.949. The summed E-state index contributed by atoms with van der Waals surface area (Å²) in [6.45, 7) is 1.72. The first-order chi connectivity index (χ1) is 5.06. The second-order valence-corrected chi connectivity index (χ2v) is 3.08. The minimum Gasteiger partial charge on any atom is -0.509 e. The lowest BCUT2D eigenvalue weighted by molar-refractivity contribution is -0.140. The molecule has 2 rings (SSSR count). The maximum Gasteiger partial charge on any atom is 0.158 e. The summed E-state index contributed by atoms with van der Waals surface area (Å²) in [5.74, 6) is -0.0787. The molecule has 3 nitrogen and oxygen atoms in total. The minimum absolute atomic E-state index is 0.0787. The second-order valence-electron chi connectivity index (χ2n) is 3.08. The van der Waals surface area contributed by atoms with Crippen molar-refractivity contribution >= 4 is 0 Å². The van der Waals surface area contributed by atoms with E-state index >= 15 is 0 Å². The third-order valence-corrected chi connectivity index (χ3v) is 2.69. The van der Waals surface area contributed by atoms with Gasteiger partial charge in [-0.2, -0.15) is 0 Å². The van der Waals surface area contributed by atoms with E-state index in [0.29, 0.717) is 12.0 Å². The molecule has 0 bridgehead atoms. The predicted molar refractivity (Wildman–Crippen MR) is 39.0 cm³/mol. The standard InChI is InChI=1S/C8H10O3/c1-2-7(10)6(9)5-3-4-8(5,7)11/h3-4,9-11H,2H2,1H3. The van der Waals surface area contributed by atoms with Crippen LogP contribution >= 0.6 is 0 Å². The fourth-order valence-electron chi connectivity index (χ4n) is 1.72. The summed E-state index contributed by atoms with van der Waals surface area (Å²) in [6.07, 6.45) is 3.44. The van der Waals surface area contributed by atoms with Crippen molar-refractivity contribution < 1.29 is 15.3 Å². The maximum atomic E-state index is 9.63. The van der Waals surface area contributed by atoms with Gasteiger partial charge >= 0.3 is 0 Å². The molecule has 0 aliphatic heterocycles. The molecule has 2 atom stereocenters. The van der Waals surface area contributed by atoms with Crippen LogP contribution in [0.3, 0.4) is 0 Å². The number of fused-ring (bicyclic) bond motifs is 1. The lowest BCUT2D eigenvalue weighted by Gasteiger charge is -2.54. The molecule has 3 N–H and O–H groups in total. The highest BCUT2D eigenvalue weighted by Gasteiger charge is 2.65. The molecule has 0 aromatic rings. The van der Waals surface area contributed by atoms with Gasteiger partial charge in [0.2, 0.25) is 0 Å². The van der Waals surface area contributed by atoms with Crippen molar-refractivity contribution in [2.24, 2.45) is 0 Å². The van der Waals surface area contributed by atoms with Crippen LogP contribution in [0.5, 0.6) is 0 Å². The van der Waals surface area contributed by atoms with Gasteiger partial charge in [0.25, 0.3) is 0 Å². The Morgan fingerprint density at radius 2 is 2.09 bits per heavy atom. The highest BCUT2D eigenvalue weighted by atomic mass is 16.4. The van der Waals surface area contributed by atoms with Crippen LogP contribution in [0, 0.1) is 0 Å². The fraction of sp³-hybridized carbons (Fsp3) is 0.500. The fourth-order valence-corrected chi connectivity index (χ4v) is 1.72. The number of hydrogen-bond acceptors (Lipinski definition) is 3. The first kappa shape index (κ1) is 6.88. The van der Waals surface area contributed by atoms with Crippen LogP contribution in [0.4, 0.5) is 0 Å². The first-order valence-corrected chi connectivity index (χ1v) is 3.64. The molecule has 11 heavy (non-hydrogen) atoms. The van der Waals surface area contributed by atoms with Crippen molar-refractivity contribution in [3.05, 3.63) is 23.5 Å². The van der Waals surface area contributed by atoms with Gasteiger partial charge in [0.05, 0.1) is 0 Å². The zero-order valence-corrected chi connectivity index (χ0v) is 6.20. The van der Waals surface area contributed by atoms with Crippen molar-refractivity contribution in [3.63, 3.8) is 0 Å². The van der Waals surface area contributed by atoms with Gasteiger partial charge in [-0.25, -0.2) is 0 Å². The largest absolute Gasteiger partial charge is 0.509 e. The van der Waals surface area contributed by atoms with Crippen molar-refractivity contribution in [1.29, 1.82) is 0 Å². The summed E-state index contributed by atoms with van der Waals surface area (Å²) in [4.78, 5) is 0. The van der Waals surface area contributed by atoms with E-state index in [0.717, 1.165) is 0 Å². The molecule has 2 aliphatic carbocycles. The van der Waals surface area contributed by atoms with Crippen LogP contribution in [0.15, 0.2) is 23.5 Å². The molecular weight excluding hydrogens is 144 g/mol. The summed E-state index contributed by atoms with van der Waals surface area (Å²) in [5.41, 5.74) is -2.22. The molecule has 0 radical (unpaired) electrons. The molecule has 60 valence electrons. The highest BCUT2D eigenvalue weighted by Crippen LogP contribution is 2.54. The third kappa shape index (κ3) is 0.433. The topological polar surface area (TPSA) is 60.7 Å². The van der Waals surface area contributed by atoms with Gasteiger partial charge in [-0.1, -0.05) is 13.0 Å². The zero-order chi connectivity index (χ0) is 8.28. The molecule has 0 fully saturated rings. The first-order valence-electron chi connectivity index (χ1n) is 3.64. The van der Waals surface area contributed by atoms with Crippen LogP contribution in [0.1, 0.15) is 13.3 Å². The average Bonchev–Trinajstić information content (AvgIpc) is 1.99. The van der Waals surface area contributed by atoms with Crippen molar-refractivity contribution in [2.75, 3.05) is 0 Å². The van der Waals surface area contributed by atoms with Crippen molar-refractivity contribution in [3.8, 4) is 0 Å². The van der Waals surface area contributed by atoms with Crippen LogP contribution in [0.25, 0.3) is 0 Å². The number of aliphatic hydroxyl groups excluding tert-OH is 1. The van der Waals surface area contributed by atoms with Crippen LogP contribution < -0.4 is 0 Å². The molecule has 2 unspecified atom stereocenters. The Balaban J connectivity index is 2.48. The normalized spacial score (nSPS) is 46.5. The summed E-state index contributed by atoms with van der Waals surface area (Å²) in [5, 5.41) is 28.5. The highest BCUT2D eigenvalue weighted by molar-refractivity contribution is 5.62.